The summed E-state index contributed by atoms with van der Waals surface area (Å²) in [4.78, 5) is 10.8. The Bertz CT molecular complexity index is 961. The lowest BCUT2D eigenvalue weighted by molar-refractivity contribution is -0.384. The van der Waals surface area contributed by atoms with Crippen LogP contribution in [0, 0.1) is 16.0 Å². The topological polar surface area (TPSA) is 55.2 Å². The number of nitrogens with one attached hydrogen (secondary N) is 1. The molecule has 0 saturated heterocycles. The van der Waals surface area contributed by atoms with Crippen molar-refractivity contribution >= 4 is 57.8 Å². The zero-order valence-corrected chi connectivity index (χ0v) is 16.2. The molecule has 4 nitrogen and oxygen atoms in total. The molecule has 8 heteroatoms. The number of rotatable bonds is 2. The van der Waals surface area contributed by atoms with Crippen LogP contribution in [0.15, 0.2) is 36.4 Å². The van der Waals surface area contributed by atoms with Crippen molar-refractivity contribution in [3.8, 4) is 0 Å². The molecule has 2 aromatic carbocycles. The summed E-state index contributed by atoms with van der Waals surface area (Å²) in [7, 11) is 0. The number of fused-ring (bicyclic) bond motifs is 3. The quantitative estimate of drug-likeness (QED) is 0.241. The van der Waals surface area contributed by atoms with Crippen LogP contribution in [0.3, 0.4) is 0 Å². The van der Waals surface area contributed by atoms with Gasteiger partial charge in [-0.3, -0.25) is 10.1 Å². The van der Waals surface area contributed by atoms with Gasteiger partial charge in [0.25, 0.3) is 5.69 Å². The van der Waals surface area contributed by atoms with Crippen molar-refractivity contribution in [1.29, 1.82) is 0 Å². The van der Waals surface area contributed by atoms with Gasteiger partial charge in [-0.05, 0) is 30.0 Å². The van der Waals surface area contributed by atoms with E-state index in [-0.39, 0.29) is 28.6 Å². The van der Waals surface area contributed by atoms with Gasteiger partial charge in [0, 0.05) is 17.5 Å². The molecule has 0 aromatic heterocycles. The number of allylic oxidation sites excluding steroid dienone is 2. The summed E-state index contributed by atoms with van der Waals surface area (Å²) < 4.78 is 0. The van der Waals surface area contributed by atoms with Gasteiger partial charge in [-0.15, -0.1) is 0 Å². The molecule has 134 valence electrons. The van der Waals surface area contributed by atoms with Crippen LogP contribution in [0.4, 0.5) is 11.4 Å². The number of nitro benzene ring substituents is 1. The summed E-state index contributed by atoms with van der Waals surface area (Å²) in [5.74, 6) is 0.185. The van der Waals surface area contributed by atoms with E-state index in [9.17, 15) is 10.1 Å². The summed E-state index contributed by atoms with van der Waals surface area (Å²) in [5, 5.41) is 16.2. The van der Waals surface area contributed by atoms with E-state index in [2.05, 4.69) is 17.5 Å². The van der Waals surface area contributed by atoms with Crippen LogP contribution in [-0.2, 0) is 0 Å². The average molecular weight is 430 g/mol. The number of hydrogen-bond donors (Lipinski definition) is 1. The molecular weight excluding hydrogens is 418 g/mol. The second-order valence-electron chi connectivity index (χ2n) is 6.39. The standard InChI is InChI=1S/C18H12Cl4N2O2/c19-11-5-4-8(6-14(11)24(25)26)17-10-3-1-2-9(10)15-16(22)12(20)7-13(21)18(15)23-17/h1-2,4-7,9-10,17,23H,3H2/t9-,10+,17-/m0/s1. The van der Waals surface area contributed by atoms with Gasteiger partial charge in [0.1, 0.15) is 5.02 Å². The third-order valence-corrected chi connectivity index (χ3v) is 6.43. The summed E-state index contributed by atoms with van der Waals surface area (Å²) in [6, 6.07) is 6.33. The van der Waals surface area contributed by atoms with Gasteiger partial charge in [0.15, 0.2) is 0 Å². The third kappa shape index (κ3) is 2.76. The predicted octanol–water partition coefficient (Wildman–Crippen LogP) is 7.03. The molecule has 0 fully saturated rings. The van der Waals surface area contributed by atoms with Gasteiger partial charge in [0.05, 0.1) is 31.7 Å². The molecule has 4 rings (SSSR count). The second kappa shape index (κ2) is 6.61. The molecule has 1 aliphatic carbocycles. The minimum atomic E-state index is -0.476. The van der Waals surface area contributed by atoms with Crippen molar-refractivity contribution < 1.29 is 4.92 Å². The highest BCUT2D eigenvalue weighted by molar-refractivity contribution is 6.44. The molecule has 0 unspecified atom stereocenters. The van der Waals surface area contributed by atoms with Crippen LogP contribution in [0.1, 0.15) is 29.5 Å². The Kier molecular flexibility index (Phi) is 4.56. The van der Waals surface area contributed by atoms with Crippen LogP contribution in [0.5, 0.6) is 0 Å². The fourth-order valence-electron chi connectivity index (χ4n) is 3.86. The van der Waals surface area contributed by atoms with E-state index in [1.807, 2.05) is 0 Å². The Morgan fingerprint density at radius 1 is 1.08 bits per heavy atom. The van der Waals surface area contributed by atoms with Crippen molar-refractivity contribution in [2.75, 3.05) is 5.32 Å². The SMILES string of the molecule is O=[N+]([O-])c1cc([C@@H]2Nc3c(Cl)cc(Cl)c(Cl)c3[C@H]3C=CC[C@H]32)ccc1Cl. The minimum Gasteiger partial charge on any atom is -0.376 e. The zero-order chi connectivity index (χ0) is 18.6. The second-order valence-corrected chi connectivity index (χ2v) is 7.99. The molecule has 1 heterocycles. The largest absolute Gasteiger partial charge is 0.376 e. The first-order valence-electron chi connectivity index (χ1n) is 7.93. The molecule has 26 heavy (non-hydrogen) atoms. The average Bonchev–Trinajstić information content (AvgIpc) is 3.08. The van der Waals surface area contributed by atoms with Crippen molar-refractivity contribution in [2.45, 2.75) is 18.4 Å². The first-order valence-corrected chi connectivity index (χ1v) is 9.44. The zero-order valence-electron chi connectivity index (χ0n) is 13.2. The molecule has 1 aliphatic heterocycles. The van der Waals surface area contributed by atoms with Gasteiger partial charge in [-0.25, -0.2) is 0 Å². The minimum absolute atomic E-state index is 0.0367. The number of hydrogen-bond acceptors (Lipinski definition) is 3. The van der Waals surface area contributed by atoms with Crippen molar-refractivity contribution in [2.24, 2.45) is 5.92 Å². The van der Waals surface area contributed by atoms with Crippen LogP contribution in [0.2, 0.25) is 20.1 Å². The van der Waals surface area contributed by atoms with Crippen LogP contribution in [-0.4, -0.2) is 4.92 Å². The number of nitrogens with zero attached hydrogens (tertiary/aromatic N) is 1. The molecule has 2 aliphatic rings. The maximum absolute atomic E-state index is 11.3. The first kappa shape index (κ1) is 17.9. The Labute approximate surface area is 169 Å². The lowest BCUT2D eigenvalue weighted by Crippen LogP contribution is -2.29. The van der Waals surface area contributed by atoms with E-state index in [1.165, 1.54) is 6.07 Å². The normalized spacial score (nSPS) is 23.3. The fraction of sp³-hybridized carbons (Fsp3) is 0.222. The molecule has 0 saturated carbocycles. The molecule has 2 aromatic rings. The van der Waals surface area contributed by atoms with Gasteiger partial charge < -0.3 is 5.32 Å². The maximum Gasteiger partial charge on any atom is 0.288 e. The van der Waals surface area contributed by atoms with Gasteiger partial charge in [-0.1, -0.05) is 64.6 Å². The molecular formula is C18H12Cl4N2O2. The fourth-order valence-corrected chi connectivity index (χ4v) is 4.85. The summed E-state index contributed by atoms with van der Waals surface area (Å²) in [6.45, 7) is 0. The molecule has 1 N–H and O–H groups in total. The van der Waals surface area contributed by atoms with E-state index in [0.29, 0.717) is 15.1 Å². The first-order chi connectivity index (χ1) is 12.4. The molecule has 3 atom stereocenters. The highest BCUT2D eigenvalue weighted by Crippen LogP contribution is 2.55. The van der Waals surface area contributed by atoms with Gasteiger partial charge in [0.2, 0.25) is 0 Å². The van der Waals surface area contributed by atoms with Crippen molar-refractivity contribution in [3.05, 3.63) is 77.7 Å². The third-order valence-electron chi connectivity index (χ3n) is 5.01. The lowest BCUT2D eigenvalue weighted by Gasteiger charge is -2.38. The Hall–Kier alpha value is -1.46. The molecule has 0 amide bonds. The van der Waals surface area contributed by atoms with Gasteiger partial charge >= 0.3 is 0 Å². The maximum atomic E-state index is 11.3. The van der Waals surface area contributed by atoms with E-state index in [1.54, 1.807) is 18.2 Å². The monoisotopic (exact) mass is 428 g/mol. The van der Waals surface area contributed by atoms with Gasteiger partial charge in [-0.2, -0.15) is 0 Å². The molecule has 0 radical (unpaired) electrons. The number of nitro groups is 1. The highest BCUT2D eigenvalue weighted by atomic mass is 35.5. The van der Waals surface area contributed by atoms with Crippen molar-refractivity contribution in [3.63, 3.8) is 0 Å². The van der Waals surface area contributed by atoms with E-state index < -0.39 is 4.92 Å². The van der Waals surface area contributed by atoms with Crippen LogP contribution in [0.25, 0.3) is 0 Å². The molecule has 0 bridgehead atoms. The number of halogens is 4. The van der Waals surface area contributed by atoms with Crippen LogP contribution >= 0.6 is 46.4 Å². The summed E-state index contributed by atoms with van der Waals surface area (Å²) in [5.41, 5.74) is 2.27. The molecule has 0 spiro atoms. The van der Waals surface area contributed by atoms with E-state index in [0.717, 1.165) is 23.2 Å². The van der Waals surface area contributed by atoms with E-state index in [4.69, 9.17) is 46.4 Å². The summed E-state index contributed by atoms with van der Waals surface area (Å²) >= 11 is 25.0. The Balaban J connectivity index is 1.85. The number of anilines is 1. The Morgan fingerprint density at radius 3 is 2.58 bits per heavy atom. The van der Waals surface area contributed by atoms with Crippen molar-refractivity contribution in [1.82, 2.24) is 0 Å². The van der Waals surface area contributed by atoms with Crippen LogP contribution < -0.4 is 5.32 Å². The van der Waals surface area contributed by atoms with E-state index >= 15 is 0 Å². The lowest BCUT2D eigenvalue weighted by atomic mass is 9.77. The summed E-state index contributed by atoms with van der Waals surface area (Å²) in [6.07, 6.45) is 5.01. The highest BCUT2D eigenvalue weighted by Gasteiger charge is 2.41. The predicted molar refractivity (Wildman–Crippen MR) is 106 cm³/mol. The number of benzene rings is 2. The Morgan fingerprint density at radius 2 is 1.85 bits per heavy atom. The smallest absolute Gasteiger partial charge is 0.288 e.